The maximum Gasteiger partial charge on any atom is 0.164 e. The van der Waals surface area contributed by atoms with Crippen LogP contribution in [-0.4, -0.2) is 15.0 Å². The molecule has 54 heavy (non-hydrogen) atoms. The number of furan rings is 2. The number of hydrogen-bond donors (Lipinski definition) is 0. The van der Waals surface area contributed by atoms with Gasteiger partial charge in [-0.2, -0.15) is 0 Å². The van der Waals surface area contributed by atoms with Gasteiger partial charge in [-0.3, -0.25) is 0 Å². The lowest BCUT2D eigenvalue weighted by atomic mass is 9.94. The SMILES string of the molecule is c1ccc(-c2nc(-c3ccc(-c4cc(-c5ccccc5)c5c(c4)oc4ccccc45)cc3)nc(-c3cccc4oc5c6ccccc6ccc5c34)n2)cc1. The minimum atomic E-state index is 0.590. The Morgan fingerprint density at radius 1 is 0.315 bits per heavy atom. The number of nitrogens with zero attached hydrogens (tertiary/aromatic N) is 3. The van der Waals surface area contributed by atoms with Gasteiger partial charge in [0.2, 0.25) is 0 Å². The molecular formula is C49H29N3O2. The van der Waals surface area contributed by atoms with Crippen LogP contribution in [-0.2, 0) is 0 Å². The fourth-order valence-corrected chi connectivity index (χ4v) is 7.76. The number of fused-ring (bicyclic) bond motifs is 8. The molecule has 3 aromatic heterocycles. The Bertz CT molecular complexity index is 3200. The zero-order valence-corrected chi connectivity index (χ0v) is 28.9. The van der Waals surface area contributed by atoms with Crippen molar-refractivity contribution in [1.82, 2.24) is 15.0 Å². The molecule has 0 aliphatic carbocycles. The first-order valence-electron chi connectivity index (χ1n) is 18.0. The molecule has 5 heteroatoms. The van der Waals surface area contributed by atoms with Gasteiger partial charge in [-0.05, 0) is 58.0 Å². The second-order valence-electron chi connectivity index (χ2n) is 13.6. The molecule has 0 bridgehead atoms. The summed E-state index contributed by atoms with van der Waals surface area (Å²) in [5.74, 6) is 1.79. The molecule has 5 nitrogen and oxygen atoms in total. The average Bonchev–Trinajstić information content (AvgIpc) is 3.83. The Morgan fingerprint density at radius 2 is 0.926 bits per heavy atom. The lowest BCUT2D eigenvalue weighted by Crippen LogP contribution is -2.00. The van der Waals surface area contributed by atoms with Gasteiger partial charge in [-0.25, -0.2) is 15.0 Å². The van der Waals surface area contributed by atoms with Crippen LogP contribution in [0.25, 0.3) is 111 Å². The third-order valence-corrected chi connectivity index (χ3v) is 10.3. The molecule has 0 N–H and O–H groups in total. The number of rotatable bonds is 5. The van der Waals surface area contributed by atoms with Gasteiger partial charge >= 0.3 is 0 Å². The lowest BCUT2D eigenvalue weighted by molar-refractivity contribution is 0.669. The van der Waals surface area contributed by atoms with Crippen LogP contribution in [0.1, 0.15) is 0 Å². The van der Waals surface area contributed by atoms with E-state index in [0.717, 1.165) is 93.6 Å². The van der Waals surface area contributed by atoms with Crippen molar-refractivity contribution in [3.8, 4) is 56.4 Å². The van der Waals surface area contributed by atoms with Crippen molar-refractivity contribution >= 4 is 54.6 Å². The van der Waals surface area contributed by atoms with Gasteiger partial charge in [-0.15, -0.1) is 0 Å². The summed E-state index contributed by atoms with van der Waals surface area (Å²) in [5, 5.41) is 6.46. The van der Waals surface area contributed by atoms with Gasteiger partial charge in [0, 0.05) is 43.6 Å². The van der Waals surface area contributed by atoms with Gasteiger partial charge < -0.3 is 8.83 Å². The summed E-state index contributed by atoms with van der Waals surface area (Å²) in [6, 6.07) is 60.4. The minimum Gasteiger partial charge on any atom is -0.456 e. The predicted octanol–water partition coefficient (Wildman–Crippen LogP) is 13.2. The van der Waals surface area contributed by atoms with Crippen LogP contribution in [0.2, 0.25) is 0 Å². The fraction of sp³-hybridized carbons (Fsp3) is 0. The van der Waals surface area contributed by atoms with Crippen LogP contribution in [0.4, 0.5) is 0 Å². The maximum atomic E-state index is 6.52. The van der Waals surface area contributed by atoms with Crippen molar-refractivity contribution in [3.05, 3.63) is 176 Å². The molecule has 0 aliphatic heterocycles. The standard InChI is InChI=1S/C49H29N3O2/c1-3-12-31(13-4-1)40-28-35(29-43-44(40)37-18-9-10-20-41(37)53-43)30-22-24-34(25-23-30)48-50-47(33-15-5-2-6-16-33)51-49(52-48)39-19-11-21-42-45(39)38-27-26-32-14-7-8-17-36(32)46(38)54-42/h1-29H. The highest BCUT2D eigenvalue weighted by molar-refractivity contribution is 6.19. The Kier molecular flexibility index (Phi) is 6.79. The van der Waals surface area contributed by atoms with E-state index in [-0.39, 0.29) is 0 Å². The van der Waals surface area contributed by atoms with Crippen molar-refractivity contribution in [2.75, 3.05) is 0 Å². The van der Waals surface area contributed by atoms with Crippen molar-refractivity contribution in [1.29, 1.82) is 0 Å². The summed E-state index contributed by atoms with van der Waals surface area (Å²) in [4.78, 5) is 15.2. The molecule has 0 aliphatic rings. The molecule has 0 radical (unpaired) electrons. The van der Waals surface area contributed by atoms with Gasteiger partial charge in [0.15, 0.2) is 17.5 Å². The quantitative estimate of drug-likeness (QED) is 0.180. The van der Waals surface area contributed by atoms with E-state index in [9.17, 15) is 0 Å². The monoisotopic (exact) mass is 691 g/mol. The second kappa shape index (κ2) is 12.1. The average molecular weight is 692 g/mol. The van der Waals surface area contributed by atoms with Crippen LogP contribution in [0.5, 0.6) is 0 Å². The van der Waals surface area contributed by atoms with E-state index in [0.29, 0.717) is 17.5 Å². The topological polar surface area (TPSA) is 65.0 Å². The third kappa shape index (κ3) is 4.90. The number of aromatic nitrogens is 3. The fourth-order valence-electron chi connectivity index (χ4n) is 7.76. The van der Waals surface area contributed by atoms with E-state index in [4.69, 9.17) is 23.8 Å². The van der Waals surface area contributed by atoms with Crippen LogP contribution in [0.3, 0.4) is 0 Å². The first-order valence-corrected chi connectivity index (χ1v) is 18.0. The molecule has 0 saturated heterocycles. The molecule has 0 atom stereocenters. The zero-order valence-electron chi connectivity index (χ0n) is 28.9. The van der Waals surface area contributed by atoms with E-state index in [2.05, 4.69) is 103 Å². The summed E-state index contributed by atoms with van der Waals surface area (Å²) in [5.41, 5.74) is 10.5. The van der Waals surface area contributed by atoms with Crippen molar-refractivity contribution in [2.24, 2.45) is 0 Å². The minimum absolute atomic E-state index is 0.590. The number of para-hydroxylation sites is 1. The van der Waals surface area contributed by atoms with Crippen molar-refractivity contribution < 1.29 is 8.83 Å². The van der Waals surface area contributed by atoms with Crippen LogP contribution in [0, 0.1) is 0 Å². The first kappa shape index (κ1) is 30.3. The first-order chi connectivity index (χ1) is 26.7. The van der Waals surface area contributed by atoms with Crippen molar-refractivity contribution in [2.45, 2.75) is 0 Å². The molecular weight excluding hydrogens is 663 g/mol. The van der Waals surface area contributed by atoms with Crippen LogP contribution >= 0.6 is 0 Å². The normalized spacial score (nSPS) is 11.7. The second-order valence-corrected chi connectivity index (χ2v) is 13.6. The summed E-state index contributed by atoms with van der Waals surface area (Å²) in [6.07, 6.45) is 0. The summed E-state index contributed by atoms with van der Waals surface area (Å²) < 4.78 is 12.9. The van der Waals surface area contributed by atoms with E-state index < -0.39 is 0 Å². The lowest BCUT2D eigenvalue weighted by Gasteiger charge is -2.11. The molecule has 0 fully saturated rings. The summed E-state index contributed by atoms with van der Waals surface area (Å²) >= 11 is 0. The predicted molar refractivity (Wildman–Crippen MR) is 219 cm³/mol. The van der Waals surface area contributed by atoms with Gasteiger partial charge in [0.05, 0.1) is 0 Å². The molecule has 252 valence electrons. The molecule has 11 rings (SSSR count). The number of hydrogen-bond acceptors (Lipinski definition) is 5. The Morgan fingerprint density at radius 3 is 1.72 bits per heavy atom. The van der Waals surface area contributed by atoms with E-state index in [1.807, 2.05) is 72.8 Å². The smallest absolute Gasteiger partial charge is 0.164 e. The molecule has 0 saturated carbocycles. The van der Waals surface area contributed by atoms with Gasteiger partial charge in [0.1, 0.15) is 22.3 Å². The molecule has 8 aromatic carbocycles. The van der Waals surface area contributed by atoms with Gasteiger partial charge in [0.25, 0.3) is 0 Å². The Balaban J connectivity index is 1.06. The molecule has 3 heterocycles. The molecule has 0 unspecified atom stereocenters. The molecule has 11 aromatic rings. The molecule has 0 spiro atoms. The van der Waals surface area contributed by atoms with E-state index in [1.54, 1.807) is 0 Å². The number of benzene rings is 8. The molecule has 0 amide bonds. The van der Waals surface area contributed by atoms with Gasteiger partial charge in [-0.1, -0.05) is 146 Å². The Labute approximate surface area is 309 Å². The highest BCUT2D eigenvalue weighted by Crippen LogP contribution is 2.41. The highest BCUT2D eigenvalue weighted by Gasteiger charge is 2.20. The van der Waals surface area contributed by atoms with Crippen LogP contribution in [0.15, 0.2) is 185 Å². The van der Waals surface area contributed by atoms with Crippen molar-refractivity contribution in [3.63, 3.8) is 0 Å². The highest BCUT2D eigenvalue weighted by atomic mass is 16.3. The summed E-state index contributed by atoms with van der Waals surface area (Å²) in [6.45, 7) is 0. The summed E-state index contributed by atoms with van der Waals surface area (Å²) in [7, 11) is 0. The van der Waals surface area contributed by atoms with E-state index in [1.165, 1.54) is 0 Å². The Hall–Kier alpha value is -7.37. The largest absolute Gasteiger partial charge is 0.456 e. The van der Waals surface area contributed by atoms with Crippen LogP contribution < -0.4 is 0 Å². The third-order valence-electron chi connectivity index (χ3n) is 10.3. The van der Waals surface area contributed by atoms with E-state index >= 15 is 0 Å². The maximum absolute atomic E-state index is 6.52. The zero-order chi connectivity index (χ0) is 35.6.